The van der Waals surface area contributed by atoms with Crippen LogP contribution >= 0.6 is 0 Å². The number of para-hydroxylation sites is 1. The van der Waals surface area contributed by atoms with Crippen LogP contribution in [-0.4, -0.2) is 32.8 Å². The first-order chi connectivity index (χ1) is 10.5. The number of allylic oxidation sites excluding steroid dienone is 1. The molecule has 0 radical (unpaired) electrons. The summed E-state index contributed by atoms with van der Waals surface area (Å²) < 4.78 is 1.71. The Morgan fingerprint density at radius 3 is 2.86 bits per heavy atom. The summed E-state index contributed by atoms with van der Waals surface area (Å²) >= 11 is 0. The van der Waals surface area contributed by atoms with Crippen LogP contribution in [0.3, 0.4) is 0 Å². The van der Waals surface area contributed by atoms with Gasteiger partial charge in [0.1, 0.15) is 6.04 Å². The number of nitrogens with zero attached hydrogens (tertiary/aromatic N) is 2. The maximum absolute atomic E-state index is 12.1. The Morgan fingerprint density at radius 1 is 1.45 bits per heavy atom. The fourth-order valence-corrected chi connectivity index (χ4v) is 2.36. The number of benzene rings is 1. The molecule has 6 nitrogen and oxygen atoms in total. The van der Waals surface area contributed by atoms with E-state index in [2.05, 4.69) is 17.0 Å². The minimum Gasteiger partial charge on any atom is -0.480 e. The molecule has 116 valence electrons. The number of aliphatic carboxylic acids is 1. The normalized spacial score (nSPS) is 12.0. The van der Waals surface area contributed by atoms with E-state index < -0.39 is 12.0 Å². The van der Waals surface area contributed by atoms with E-state index in [0.717, 1.165) is 10.9 Å². The van der Waals surface area contributed by atoms with Gasteiger partial charge in [-0.05, 0) is 18.9 Å². The topological polar surface area (TPSA) is 84.2 Å². The molecule has 1 aromatic carbocycles. The largest absolute Gasteiger partial charge is 0.480 e. The molecule has 0 saturated heterocycles. The van der Waals surface area contributed by atoms with Crippen molar-refractivity contribution in [3.05, 3.63) is 42.6 Å². The second kappa shape index (κ2) is 6.89. The number of carboxylic acid groups (broad SMARTS) is 1. The molecule has 1 amide bonds. The third-order valence-corrected chi connectivity index (χ3v) is 3.46. The Kier molecular flexibility index (Phi) is 4.93. The van der Waals surface area contributed by atoms with E-state index in [4.69, 9.17) is 5.11 Å². The van der Waals surface area contributed by atoms with Gasteiger partial charge in [-0.3, -0.25) is 9.48 Å². The Labute approximate surface area is 128 Å². The predicted molar refractivity (Wildman–Crippen MR) is 83.4 cm³/mol. The van der Waals surface area contributed by atoms with Crippen molar-refractivity contribution in [2.45, 2.75) is 25.3 Å². The molecule has 22 heavy (non-hydrogen) atoms. The summed E-state index contributed by atoms with van der Waals surface area (Å²) in [5.74, 6) is -1.39. The Balaban J connectivity index is 2.10. The lowest BCUT2D eigenvalue weighted by Crippen LogP contribution is -2.41. The monoisotopic (exact) mass is 301 g/mol. The Morgan fingerprint density at radius 2 is 2.18 bits per heavy atom. The second-order valence-corrected chi connectivity index (χ2v) is 5.09. The highest BCUT2D eigenvalue weighted by molar-refractivity contribution is 5.89. The first kappa shape index (κ1) is 15.8. The van der Waals surface area contributed by atoms with Gasteiger partial charge in [0.25, 0.3) is 0 Å². The zero-order valence-electron chi connectivity index (χ0n) is 12.5. The van der Waals surface area contributed by atoms with Gasteiger partial charge >= 0.3 is 5.97 Å². The quantitative estimate of drug-likeness (QED) is 0.762. The second-order valence-electron chi connectivity index (χ2n) is 5.09. The van der Waals surface area contributed by atoms with Gasteiger partial charge in [-0.25, -0.2) is 4.79 Å². The summed E-state index contributed by atoms with van der Waals surface area (Å²) in [6.07, 6.45) is 2.55. The van der Waals surface area contributed by atoms with Crippen LogP contribution in [0.5, 0.6) is 0 Å². The fraction of sp³-hybridized carbons (Fsp3) is 0.312. The first-order valence-corrected chi connectivity index (χ1v) is 7.06. The molecule has 2 aromatic rings. The number of carboxylic acids is 1. The molecule has 0 saturated carbocycles. The molecule has 1 aromatic heterocycles. The molecule has 1 heterocycles. The summed E-state index contributed by atoms with van der Waals surface area (Å²) in [4.78, 5) is 23.2. The van der Waals surface area contributed by atoms with Gasteiger partial charge in [0.05, 0.1) is 17.6 Å². The van der Waals surface area contributed by atoms with Gasteiger partial charge in [-0.2, -0.15) is 5.10 Å². The van der Waals surface area contributed by atoms with E-state index >= 15 is 0 Å². The lowest BCUT2D eigenvalue weighted by Gasteiger charge is -2.13. The average molecular weight is 301 g/mol. The van der Waals surface area contributed by atoms with Crippen LogP contribution in [0.15, 0.2) is 36.9 Å². The highest BCUT2D eigenvalue weighted by atomic mass is 16.4. The maximum atomic E-state index is 12.1. The molecule has 1 atom stereocenters. The molecule has 0 spiro atoms. The molecule has 2 rings (SSSR count). The van der Waals surface area contributed by atoms with Crippen LogP contribution in [0, 0.1) is 0 Å². The van der Waals surface area contributed by atoms with Gasteiger partial charge in [-0.1, -0.05) is 24.3 Å². The number of aromatic nitrogens is 2. The van der Waals surface area contributed by atoms with Crippen LogP contribution in [-0.2, 0) is 23.1 Å². The molecular formula is C16H19N3O3. The molecule has 6 heteroatoms. The van der Waals surface area contributed by atoms with Crippen molar-refractivity contribution in [1.29, 1.82) is 0 Å². The van der Waals surface area contributed by atoms with Crippen molar-refractivity contribution in [3.63, 3.8) is 0 Å². The molecule has 0 fully saturated rings. The van der Waals surface area contributed by atoms with Crippen LogP contribution in [0.1, 0.15) is 18.5 Å². The van der Waals surface area contributed by atoms with Crippen molar-refractivity contribution in [2.75, 3.05) is 0 Å². The number of hydrogen-bond acceptors (Lipinski definition) is 3. The summed E-state index contributed by atoms with van der Waals surface area (Å²) in [6.45, 7) is 3.56. The molecule has 1 unspecified atom stereocenters. The Bertz CT molecular complexity index is 706. The predicted octanol–water partition coefficient (Wildman–Crippen LogP) is 1.65. The van der Waals surface area contributed by atoms with Gasteiger partial charge < -0.3 is 10.4 Å². The number of hydrogen-bond donors (Lipinski definition) is 2. The zero-order chi connectivity index (χ0) is 16.1. The van der Waals surface area contributed by atoms with Crippen LogP contribution in [0.25, 0.3) is 10.9 Å². The number of fused-ring (bicyclic) bond motifs is 1. The lowest BCUT2D eigenvalue weighted by molar-refractivity contribution is -0.141. The van der Waals surface area contributed by atoms with Crippen molar-refractivity contribution in [3.8, 4) is 0 Å². The minimum absolute atomic E-state index is 0.0548. The number of nitrogens with one attached hydrogen (secondary N) is 1. The third kappa shape index (κ3) is 3.52. The van der Waals surface area contributed by atoms with Gasteiger partial charge in [-0.15, -0.1) is 6.58 Å². The molecule has 0 aliphatic rings. The molecular weight excluding hydrogens is 282 g/mol. The highest BCUT2D eigenvalue weighted by Gasteiger charge is 2.20. The van der Waals surface area contributed by atoms with E-state index in [1.54, 1.807) is 10.8 Å². The standard InChI is InChI=1S/C16H19N3O3/c1-3-4-8-12(16(21)22)17-15(20)10-13-11-7-5-6-9-14(11)19(2)18-13/h3,5-7,9,12H,1,4,8,10H2,2H3,(H,17,20)(H,21,22). The maximum Gasteiger partial charge on any atom is 0.326 e. The van der Waals surface area contributed by atoms with Gasteiger partial charge in [0.15, 0.2) is 0 Å². The van der Waals surface area contributed by atoms with Crippen LogP contribution in [0.4, 0.5) is 0 Å². The highest BCUT2D eigenvalue weighted by Crippen LogP contribution is 2.17. The van der Waals surface area contributed by atoms with Crippen LogP contribution in [0.2, 0.25) is 0 Å². The zero-order valence-corrected chi connectivity index (χ0v) is 12.5. The van der Waals surface area contributed by atoms with Gasteiger partial charge in [0, 0.05) is 12.4 Å². The van der Waals surface area contributed by atoms with E-state index in [-0.39, 0.29) is 12.3 Å². The van der Waals surface area contributed by atoms with Crippen molar-refractivity contribution < 1.29 is 14.7 Å². The van der Waals surface area contributed by atoms with Crippen molar-refractivity contribution in [2.24, 2.45) is 7.05 Å². The number of carbonyl (C=O) groups excluding carboxylic acids is 1. The number of carbonyl (C=O) groups is 2. The third-order valence-electron chi connectivity index (χ3n) is 3.46. The SMILES string of the molecule is C=CCCC(NC(=O)Cc1nn(C)c2ccccc12)C(=O)O. The van der Waals surface area contributed by atoms with Crippen molar-refractivity contribution in [1.82, 2.24) is 15.1 Å². The Hall–Kier alpha value is -2.63. The summed E-state index contributed by atoms with van der Waals surface area (Å²) in [6, 6.07) is 6.71. The van der Waals surface area contributed by atoms with E-state index in [1.807, 2.05) is 31.3 Å². The fourth-order valence-electron chi connectivity index (χ4n) is 2.36. The van der Waals surface area contributed by atoms with E-state index in [1.165, 1.54) is 0 Å². The number of amides is 1. The van der Waals surface area contributed by atoms with Gasteiger partial charge in [0.2, 0.25) is 5.91 Å². The molecule has 0 aliphatic carbocycles. The van der Waals surface area contributed by atoms with E-state index in [0.29, 0.717) is 18.5 Å². The van der Waals surface area contributed by atoms with Crippen molar-refractivity contribution >= 4 is 22.8 Å². The lowest BCUT2D eigenvalue weighted by atomic mass is 10.1. The number of aryl methyl sites for hydroxylation is 1. The summed E-state index contributed by atoms with van der Waals surface area (Å²) in [7, 11) is 1.81. The smallest absolute Gasteiger partial charge is 0.326 e. The van der Waals surface area contributed by atoms with Crippen LogP contribution < -0.4 is 5.32 Å². The van der Waals surface area contributed by atoms with E-state index in [9.17, 15) is 9.59 Å². The minimum atomic E-state index is -1.04. The number of rotatable bonds is 7. The molecule has 0 bridgehead atoms. The first-order valence-electron chi connectivity index (χ1n) is 7.06. The molecule has 0 aliphatic heterocycles. The molecule has 2 N–H and O–H groups in total. The summed E-state index contributed by atoms with van der Waals surface area (Å²) in [5, 5.41) is 16.9. The average Bonchev–Trinajstić information content (AvgIpc) is 2.80. The summed E-state index contributed by atoms with van der Waals surface area (Å²) in [5.41, 5.74) is 1.58.